The summed E-state index contributed by atoms with van der Waals surface area (Å²) in [6.07, 6.45) is 1.37. The van der Waals surface area contributed by atoms with Crippen LogP contribution in [0.3, 0.4) is 0 Å². The van der Waals surface area contributed by atoms with E-state index in [1.165, 1.54) is 11.1 Å². The van der Waals surface area contributed by atoms with Crippen molar-refractivity contribution in [2.24, 2.45) is 0 Å². The van der Waals surface area contributed by atoms with E-state index in [0.717, 1.165) is 39.7 Å². The first-order valence-corrected chi connectivity index (χ1v) is 11.5. The molecule has 172 valence electrons. The monoisotopic (exact) mass is 451 g/mol. The van der Waals surface area contributed by atoms with Gasteiger partial charge >= 0.3 is 0 Å². The van der Waals surface area contributed by atoms with Gasteiger partial charge in [0.25, 0.3) is 0 Å². The SMILES string of the molecule is Cc1ccc(-c2ccc(CCC(=O)NCc3ccc(C)o3)n2-c2ccc(CC#N)cc2)c(C)c1. The Hall–Kier alpha value is -4.04. The van der Waals surface area contributed by atoms with Crippen molar-refractivity contribution >= 4 is 5.91 Å². The van der Waals surface area contributed by atoms with Crippen LogP contribution in [-0.2, 0) is 24.2 Å². The molecular weight excluding hydrogens is 422 g/mol. The molecular formula is C29H29N3O2. The Labute approximate surface area is 200 Å². The third kappa shape index (κ3) is 5.29. The van der Waals surface area contributed by atoms with Crippen LogP contribution in [0.5, 0.6) is 0 Å². The zero-order chi connectivity index (χ0) is 24.1. The fourth-order valence-corrected chi connectivity index (χ4v) is 4.24. The lowest BCUT2D eigenvalue weighted by Crippen LogP contribution is -2.23. The average Bonchev–Trinajstić information content (AvgIpc) is 3.43. The van der Waals surface area contributed by atoms with Crippen molar-refractivity contribution in [3.8, 4) is 23.0 Å². The first kappa shape index (κ1) is 23.1. The highest BCUT2D eigenvalue weighted by molar-refractivity contribution is 5.76. The minimum atomic E-state index is -0.0146. The van der Waals surface area contributed by atoms with Gasteiger partial charge < -0.3 is 14.3 Å². The Kier molecular flexibility index (Phi) is 6.98. The van der Waals surface area contributed by atoms with Crippen LogP contribution >= 0.6 is 0 Å². The molecule has 0 saturated heterocycles. The van der Waals surface area contributed by atoms with Crippen molar-refractivity contribution < 1.29 is 9.21 Å². The summed E-state index contributed by atoms with van der Waals surface area (Å²) >= 11 is 0. The van der Waals surface area contributed by atoms with E-state index in [-0.39, 0.29) is 5.91 Å². The number of amides is 1. The highest BCUT2D eigenvalue weighted by Gasteiger charge is 2.15. The molecule has 5 nitrogen and oxygen atoms in total. The number of hydrogen-bond acceptors (Lipinski definition) is 3. The fraction of sp³-hybridized carbons (Fsp3) is 0.241. The zero-order valence-electron chi connectivity index (χ0n) is 19.9. The van der Waals surface area contributed by atoms with Gasteiger partial charge in [0, 0.05) is 23.4 Å². The fourth-order valence-electron chi connectivity index (χ4n) is 4.24. The third-order valence-corrected chi connectivity index (χ3v) is 5.96. The van der Waals surface area contributed by atoms with E-state index in [2.05, 4.69) is 60.1 Å². The molecule has 34 heavy (non-hydrogen) atoms. The van der Waals surface area contributed by atoms with Gasteiger partial charge in [0.1, 0.15) is 11.5 Å². The molecule has 0 aliphatic heterocycles. The largest absolute Gasteiger partial charge is 0.465 e. The predicted octanol–water partition coefficient (Wildman–Crippen LogP) is 5.98. The van der Waals surface area contributed by atoms with Gasteiger partial charge in [-0.2, -0.15) is 5.26 Å². The number of carbonyl (C=O) groups excluding carboxylic acids is 1. The number of nitrogens with one attached hydrogen (secondary N) is 1. The molecule has 2 heterocycles. The molecule has 0 spiro atoms. The van der Waals surface area contributed by atoms with Crippen molar-refractivity contribution in [1.82, 2.24) is 9.88 Å². The summed E-state index contributed by atoms with van der Waals surface area (Å²) in [6, 6.07) is 24.7. The number of nitrogens with zero attached hydrogens (tertiary/aromatic N) is 2. The van der Waals surface area contributed by atoms with Gasteiger partial charge in [-0.25, -0.2) is 0 Å². The molecule has 4 rings (SSSR count). The van der Waals surface area contributed by atoms with Crippen molar-refractivity contribution in [2.75, 3.05) is 0 Å². The number of nitriles is 1. The Morgan fingerprint density at radius 2 is 1.79 bits per heavy atom. The minimum Gasteiger partial charge on any atom is -0.465 e. The van der Waals surface area contributed by atoms with Gasteiger partial charge in [0.2, 0.25) is 5.91 Å². The minimum absolute atomic E-state index is 0.0146. The second-order valence-corrected chi connectivity index (χ2v) is 8.65. The number of aromatic nitrogens is 1. The van der Waals surface area contributed by atoms with E-state index >= 15 is 0 Å². The molecule has 0 fully saturated rings. The maximum Gasteiger partial charge on any atom is 0.220 e. The number of rotatable bonds is 8. The molecule has 5 heteroatoms. The topological polar surface area (TPSA) is 71.0 Å². The van der Waals surface area contributed by atoms with Crippen LogP contribution in [0.15, 0.2) is 71.1 Å². The van der Waals surface area contributed by atoms with E-state index in [0.29, 0.717) is 25.8 Å². The Bertz CT molecular complexity index is 1340. The van der Waals surface area contributed by atoms with Crippen LogP contribution in [0.2, 0.25) is 0 Å². The van der Waals surface area contributed by atoms with Gasteiger partial charge in [-0.05, 0) is 74.7 Å². The van der Waals surface area contributed by atoms with Crippen LogP contribution in [-0.4, -0.2) is 10.5 Å². The Balaban J connectivity index is 1.59. The van der Waals surface area contributed by atoms with Crippen molar-refractivity contribution in [3.05, 3.63) is 101 Å². The van der Waals surface area contributed by atoms with Crippen LogP contribution < -0.4 is 5.32 Å². The average molecular weight is 452 g/mol. The highest BCUT2D eigenvalue weighted by Crippen LogP contribution is 2.30. The Morgan fingerprint density at radius 3 is 2.47 bits per heavy atom. The predicted molar refractivity (Wildman–Crippen MR) is 134 cm³/mol. The van der Waals surface area contributed by atoms with E-state index in [1.807, 2.05) is 43.3 Å². The molecule has 0 radical (unpaired) electrons. The first-order valence-electron chi connectivity index (χ1n) is 11.5. The number of aryl methyl sites for hydroxylation is 4. The standard InChI is InChI=1S/C29H29N3O2/c1-20-4-13-27(21(2)18-20)28-14-10-25(32(28)24-8-6-23(7-9-24)16-17-30)11-15-29(33)31-19-26-12-5-22(3)34-26/h4-10,12-14,18H,11,15-16,19H2,1-3H3,(H,31,33). The quantitative estimate of drug-likeness (QED) is 0.358. The molecule has 2 aromatic carbocycles. The van der Waals surface area contributed by atoms with Gasteiger partial charge in [-0.15, -0.1) is 0 Å². The van der Waals surface area contributed by atoms with Crippen molar-refractivity contribution in [2.45, 2.75) is 46.6 Å². The number of furan rings is 1. The maximum absolute atomic E-state index is 12.5. The van der Waals surface area contributed by atoms with E-state index in [4.69, 9.17) is 9.68 Å². The van der Waals surface area contributed by atoms with Gasteiger partial charge in [-0.3, -0.25) is 4.79 Å². The molecule has 2 aromatic heterocycles. The normalized spacial score (nSPS) is 10.8. The summed E-state index contributed by atoms with van der Waals surface area (Å²) in [5.74, 6) is 1.57. The number of benzene rings is 2. The maximum atomic E-state index is 12.5. The summed E-state index contributed by atoms with van der Waals surface area (Å²) in [4.78, 5) is 12.5. The molecule has 1 amide bonds. The van der Waals surface area contributed by atoms with Gasteiger partial charge in [0.05, 0.1) is 24.7 Å². The second kappa shape index (κ2) is 10.3. The van der Waals surface area contributed by atoms with Crippen molar-refractivity contribution in [3.63, 3.8) is 0 Å². The van der Waals surface area contributed by atoms with Crippen LogP contribution in [0.1, 0.15) is 40.3 Å². The van der Waals surface area contributed by atoms with Gasteiger partial charge in [-0.1, -0.05) is 35.9 Å². The summed E-state index contributed by atoms with van der Waals surface area (Å²) < 4.78 is 7.75. The van der Waals surface area contributed by atoms with E-state index in [1.54, 1.807) is 0 Å². The smallest absolute Gasteiger partial charge is 0.220 e. The lowest BCUT2D eigenvalue weighted by molar-refractivity contribution is -0.121. The first-order chi connectivity index (χ1) is 16.4. The molecule has 0 atom stereocenters. The summed E-state index contributed by atoms with van der Waals surface area (Å²) in [6.45, 7) is 6.50. The molecule has 1 N–H and O–H groups in total. The lowest BCUT2D eigenvalue weighted by atomic mass is 10.0. The summed E-state index contributed by atoms with van der Waals surface area (Å²) in [5, 5.41) is 11.9. The molecule has 0 saturated carbocycles. The van der Waals surface area contributed by atoms with E-state index < -0.39 is 0 Å². The molecule has 4 aromatic rings. The van der Waals surface area contributed by atoms with Crippen LogP contribution in [0.25, 0.3) is 16.9 Å². The Morgan fingerprint density at radius 1 is 1.00 bits per heavy atom. The molecule has 0 aliphatic carbocycles. The summed E-state index contributed by atoms with van der Waals surface area (Å²) in [5.41, 5.74) is 7.75. The molecule has 0 unspecified atom stereocenters. The van der Waals surface area contributed by atoms with E-state index in [9.17, 15) is 4.79 Å². The lowest BCUT2D eigenvalue weighted by Gasteiger charge is -2.16. The van der Waals surface area contributed by atoms with Gasteiger partial charge in [0.15, 0.2) is 0 Å². The number of hydrogen-bond donors (Lipinski definition) is 1. The summed E-state index contributed by atoms with van der Waals surface area (Å²) in [7, 11) is 0. The van der Waals surface area contributed by atoms with Crippen molar-refractivity contribution in [1.29, 1.82) is 5.26 Å². The second-order valence-electron chi connectivity index (χ2n) is 8.65. The third-order valence-electron chi connectivity index (χ3n) is 5.96. The molecule has 0 bridgehead atoms. The number of carbonyl (C=O) groups is 1. The molecule has 0 aliphatic rings. The van der Waals surface area contributed by atoms with Crippen LogP contribution in [0.4, 0.5) is 0 Å². The van der Waals surface area contributed by atoms with Crippen LogP contribution in [0, 0.1) is 32.1 Å². The highest BCUT2D eigenvalue weighted by atomic mass is 16.3. The zero-order valence-corrected chi connectivity index (χ0v) is 19.9.